The van der Waals surface area contributed by atoms with Crippen LogP contribution in [0.15, 0.2) is 12.2 Å². The molecule has 12 atom stereocenters. The van der Waals surface area contributed by atoms with Crippen LogP contribution in [0.1, 0.15) is 72.1 Å². The molecule has 0 aliphatic heterocycles. The van der Waals surface area contributed by atoms with E-state index < -0.39 is 0 Å². The Kier molecular flexibility index (Phi) is 3.85. The number of carbonyl (C=O) groups excluding carboxylic acids is 1. The Morgan fingerprint density at radius 1 is 0.733 bits per heavy atom. The molecule has 0 spiro atoms. The molecule has 0 amide bonds. The standard InChI is InChI=1S/C28H40O2/c1-28(2,3)30-27(29)26-20-13-17(21(26)14-7-5-4-6-8-14)24-18-12-19(25(20)24)23-16-10-9-15(11-16)22(18)23/h9-10,14-26H,4-8,11-13H2,1-3H3. The lowest BCUT2D eigenvalue weighted by Crippen LogP contribution is -2.49. The second-order valence-electron chi connectivity index (χ2n) is 13.4. The molecular weight excluding hydrogens is 368 g/mol. The van der Waals surface area contributed by atoms with E-state index in [2.05, 4.69) is 32.9 Å². The molecule has 2 heteroatoms. The van der Waals surface area contributed by atoms with Gasteiger partial charge < -0.3 is 4.74 Å². The van der Waals surface area contributed by atoms with Crippen LogP contribution in [0.4, 0.5) is 0 Å². The quantitative estimate of drug-likeness (QED) is 0.313. The third-order valence-corrected chi connectivity index (χ3v) is 11.3. The predicted octanol–water partition coefficient (Wildman–Crippen LogP) is 6.11. The lowest BCUT2D eigenvalue weighted by atomic mass is 9.55. The van der Waals surface area contributed by atoms with Crippen LogP contribution in [0.25, 0.3) is 0 Å². The average molecular weight is 409 g/mol. The summed E-state index contributed by atoms with van der Waals surface area (Å²) in [5, 5.41) is 0. The summed E-state index contributed by atoms with van der Waals surface area (Å²) in [4.78, 5) is 13.6. The lowest BCUT2D eigenvalue weighted by molar-refractivity contribution is -0.169. The van der Waals surface area contributed by atoms with Gasteiger partial charge in [-0.3, -0.25) is 4.79 Å². The minimum atomic E-state index is -0.357. The molecular formula is C28H40O2. The van der Waals surface area contributed by atoms with Gasteiger partial charge in [-0.1, -0.05) is 44.3 Å². The second-order valence-corrected chi connectivity index (χ2v) is 13.4. The van der Waals surface area contributed by atoms with Crippen LogP contribution >= 0.6 is 0 Å². The Bertz CT molecular complexity index is 770. The number of ether oxygens (including phenoxy) is 1. The van der Waals surface area contributed by atoms with Gasteiger partial charge in [0.1, 0.15) is 5.60 Å². The first-order valence-corrected chi connectivity index (χ1v) is 13.3. The Morgan fingerprint density at radius 2 is 1.30 bits per heavy atom. The van der Waals surface area contributed by atoms with E-state index >= 15 is 0 Å². The highest BCUT2D eigenvalue weighted by molar-refractivity contribution is 5.74. The molecule has 7 rings (SSSR count). The van der Waals surface area contributed by atoms with Crippen LogP contribution < -0.4 is 0 Å². The Hall–Kier alpha value is -0.790. The van der Waals surface area contributed by atoms with Crippen molar-refractivity contribution in [2.75, 3.05) is 0 Å². The molecule has 0 aromatic rings. The van der Waals surface area contributed by atoms with Crippen LogP contribution in [-0.2, 0) is 9.53 Å². The number of fused-ring (bicyclic) bond motifs is 16. The summed E-state index contributed by atoms with van der Waals surface area (Å²) in [7, 11) is 0. The second kappa shape index (κ2) is 6.16. The van der Waals surface area contributed by atoms with Crippen LogP contribution in [0, 0.1) is 76.9 Å². The molecule has 6 saturated carbocycles. The van der Waals surface area contributed by atoms with Crippen molar-refractivity contribution in [2.24, 2.45) is 76.9 Å². The molecule has 6 fully saturated rings. The van der Waals surface area contributed by atoms with Crippen molar-refractivity contribution in [3.63, 3.8) is 0 Å². The number of allylic oxidation sites excluding steroid dienone is 2. The Morgan fingerprint density at radius 3 is 1.93 bits per heavy atom. The SMILES string of the molecule is CC(C)(C)OC(=O)C1C2CC(C1C1CCCCC1)C1C3CC(C4C5C=CC(C5)C34)C21. The van der Waals surface area contributed by atoms with Crippen molar-refractivity contribution in [1.29, 1.82) is 0 Å². The van der Waals surface area contributed by atoms with Crippen LogP contribution in [0.3, 0.4) is 0 Å². The molecule has 164 valence electrons. The van der Waals surface area contributed by atoms with Crippen molar-refractivity contribution < 1.29 is 9.53 Å². The third-order valence-electron chi connectivity index (χ3n) is 11.3. The lowest BCUT2D eigenvalue weighted by Gasteiger charge is -2.50. The number of hydrogen-bond acceptors (Lipinski definition) is 2. The zero-order valence-electron chi connectivity index (χ0n) is 19.1. The maximum Gasteiger partial charge on any atom is 0.310 e. The van der Waals surface area contributed by atoms with Gasteiger partial charge in [0, 0.05) is 0 Å². The molecule has 0 radical (unpaired) electrons. The summed E-state index contributed by atoms with van der Waals surface area (Å²) >= 11 is 0. The molecule has 0 heterocycles. The molecule has 7 aliphatic rings. The summed E-state index contributed by atoms with van der Waals surface area (Å²) in [6.07, 6.45) is 16.4. The van der Waals surface area contributed by atoms with Crippen molar-refractivity contribution in [3.8, 4) is 0 Å². The number of rotatable bonds is 2. The molecule has 0 N–H and O–H groups in total. The minimum absolute atomic E-state index is 0.177. The number of carbonyl (C=O) groups is 1. The Balaban J connectivity index is 1.24. The largest absolute Gasteiger partial charge is 0.460 e. The molecule has 12 unspecified atom stereocenters. The van der Waals surface area contributed by atoms with Gasteiger partial charge in [-0.25, -0.2) is 0 Å². The van der Waals surface area contributed by atoms with E-state index in [1.807, 2.05) is 0 Å². The first-order valence-electron chi connectivity index (χ1n) is 13.3. The summed E-state index contributed by atoms with van der Waals surface area (Å²) < 4.78 is 6.11. The average Bonchev–Trinajstić information content (AvgIpc) is 3.52. The molecule has 6 bridgehead atoms. The highest BCUT2D eigenvalue weighted by Gasteiger charge is 2.74. The molecule has 7 aliphatic carbocycles. The molecule has 0 saturated heterocycles. The van der Waals surface area contributed by atoms with Gasteiger partial charge in [0.25, 0.3) is 0 Å². The molecule has 2 nitrogen and oxygen atoms in total. The third kappa shape index (κ3) is 2.35. The fourth-order valence-electron chi connectivity index (χ4n) is 11.2. The maximum atomic E-state index is 13.6. The normalized spacial score (nSPS) is 55.3. The number of esters is 1. The minimum Gasteiger partial charge on any atom is -0.460 e. The van der Waals surface area contributed by atoms with Gasteiger partial charge in [-0.15, -0.1) is 0 Å². The van der Waals surface area contributed by atoms with Crippen molar-refractivity contribution in [2.45, 2.75) is 77.7 Å². The van der Waals surface area contributed by atoms with Crippen LogP contribution in [-0.4, -0.2) is 11.6 Å². The monoisotopic (exact) mass is 408 g/mol. The van der Waals surface area contributed by atoms with E-state index in [0.717, 1.165) is 59.2 Å². The zero-order chi connectivity index (χ0) is 20.4. The van der Waals surface area contributed by atoms with E-state index in [1.165, 1.54) is 51.4 Å². The van der Waals surface area contributed by atoms with Gasteiger partial charge in [-0.2, -0.15) is 0 Å². The maximum absolute atomic E-state index is 13.6. The van der Waals surface area contributed by atoms with Gasteiger partial charge in [0.2, 0.25) is 0 Å². The Labute approximate surface area is 182 Å². The van der Waals surface area contributed by atoms with Crippen molar-refractivity contribution in [1.82, 2.24) is 0 Å². The van der Waals surface area contributed by atoms with E-state index in [9.17, 15) is 4.79 Å². The summed E-state index contributed by atoms with van der Waals surface area (Å²) in [6.45, 7) is 6.17. The van der Waals surface area contributed by atoms with E-state index in [0.29, 0.717) is 11.8 Å². The first-order chi connectivity index (χ1) is 14.4. The van der Waals surface area contributed by atoms with Gasteiger partial charge in [-0.05, 0) is 111 Å². The molecule has 0 aromatic carbocycles. The van der Waals surface area contributed by atoms with Crippen LogP contribution in [0.2, 0.25) is 0 Å². The van der Waals surface area contributed by atoms with E-state index in [-0.39, 0.29) is 17.5 Å². The highest BCUT2D eigenvalue weighted by Crippen LogP contribution is 2.78. The highest BCUT2D eigenvalue weighted by atomic mass is 16.6. The number of hydrogen-bond donors (Lipinski definition) is 0. The van der Waals surface area contributed by atoms with Gasteiger partial charge in [0.05, 0.1) is 5.92 Å². The molecule has 30 heavy (non-hydrogen) atoms. The van der Waals surface area contributed by atoms with E-state index in [1.54, 1.807) is 0 Å². The van der Waals surface area contributed by atoms with E-state index in [4.69, 9.17) is 4.74 Å². The van der Waals surface area contributed by atoms with Gasteiger partial charge in [0.15, 0.2) is 0 Å². The summed E-state index contributed by atoms with van der Waals surface area (Å²) in [5.74, 6) is 10.8. The van der Waals surface area contributed by atoms with Crippen molar-refractivity contribution in [3.05, 3.63) is 12.2 Å². The molecule has 0 aromatic heterocycles. The zero-order valence-corrected chi connectivity index (χ0v) is 19.1. The first kappa shape index (κ1) is 18.8. The van der Waals surface area contributed by atoms with Crippen LogP contribution in [0.5, 0.6) is 0 Å². The summed E-state index contributed by atoms with van der Waals surface area (Å²) in [5.41, 5.74) is -0.357. The fourth-order valence-corrected chi connectivity index (χ4v) is 11.2. The predicted molar refractivity (Wildman–Crippen MR) is 117 cm³/mol. The van der Waals surface area contributed by atoms with Gasteiger partial charge >= 0.3 is 5.97 Å². The fraction of sp³-hybridized carbons (Fsp3) is 0.893. The summed E-state index contributed by atoms with van der Waals surface area (Å²) in [6, 6.07) is 0. The van der Waals surface area contributed by atoms with Crippen molar-refractivity contribution >= 4 is 5.97 Å². The smallest absolute Gasteiger partial charge is 0.310 e. The topological polar surface area (TPSA) is 26.3 Å².